The first-order valence-corrected chi connectivity index (χ1v) is 7.45. The number of halogens is 2. The van der Waals surface area contributed by atoms with E-state index in [1.165, 1.54) is 36.7 Å². The Bertz CT molecular complexity index is 903. The number of hydrogen-bond acceptors (Lipinski definition) is 3. The van der Waals surface area contributed by atoms with Crippen molar-refractivity contribution in [3.8, 4) is 0 Å². The van der Waals surface area contributed by atoms with E-state index in [4.69, 9.17) is 5.53 Å². The molecule has 1 aromatic heterocycles. The zero-order chi connectivity index (χ0) is 17.1. The first-order valence-electron chi connectivity index (χ1n) is 6.37. The number of carbonyl (C=O) groups is 1. The minimum Gasteiger partial charge on any atom is -0.339 e. The summed E-state index contributed by atoms with van der Waals surface area (Å²) in [5.41, 5.74) is 8.47. The van der Waals surface area contributed by atoms with Gasteiger partial charge >= 0.3 is 0 Å². The second kappa shape index (κ2) is 6.80. The van der Waals surface area contributed by atoms with Crippen molar-refractivity contribution < 1.29 is 9.18 Å². The highest BCUT2D eigenvalue weighted by Crippen LogP contribution is 2.24. The Morgan fingerprint density at radius 3 is 2.74 bits per heavy atom. The molecule has 0 aliphatic carbocycles. The summed E-state index contributed by atoms with van der Waals surface area (Å²) in [6.07, 6.45) is 0. The van der Waals surface area contributed by atoms with Gasteiger partial charge < -0.3 is 5.32 Å². The fourth-order valence-corrected chi connectivity index (χ4v) is 2.47. The largest absolute Gasteiger partial charge is 0.339 e. The Labute approximate surface area is 143 Å². The van der Waals surface area contributed by atoms with Crippen LogP contribution in [0.5, 0.6) is 0 Å². The monoisotopic (exact) mass is 427 g/mol. The van der Waals surface area contributed by atoms with E-state index < -0.39 is 11.7 Å². The lowest BCUT2D eigenvalue weighted by Crippen LogP contribution is -2.24. The fourth-order valence-electron chi connectivity index (χ4n) is 2.02. The molecule has 0 spiro atoms. The lowest BCUT2D eigenvalue weighted by atomic mass is 10.1. The van der Waals surface area contributed by atoms with Crippen LogP contribution in [0.25, 0.3) is 10.4 Å². The van der Waals surface area contributed by atoms with Crippen LogP contribution in [0.4, 0.5) is 15.9 Å². The number of carbonyl (C=O) groups excluding carboxylic acids is 1. The zero-order valence-corrected chi connectivity index (χ0v) is 14.3. The normalized spacial score (nSPS) is 10.1. The molecule has 1 aromatic carbocycles. The molecule has 0 aliphatic heterocycles. The number of amides is 1. The highest BCUT2D eigenvalue weighted by Gasteiger charge is 2.17. The Morgan fingerprint density at radius 2 is 2.13 bits per heavy atom. The van der Waals surface area contributed by atoms with E-state index in [0.29, 0.717) is 9.13 Å². The van der Waals surface area contributed by atoms with Gasteiger partial charge in [0.25, 0.3) is 11.5 Å². The molecule has 0 saturated heterocycles. The van der Waals surface area contributed by atoms with E-state index in [-0.39, 0.29) is 22.6 Å². The number of nitrogens with one attached hydrogen (secondary N) is 1. The van der Waals surface area contributed by atoms with Gasteiger partial charge in [0.15, 0.2) is 0 Å². The third kappa shape index (κ3) is 3.51. The van der Waals surface area contributed by atoms with Crippen LogP contribution in [0.3, 0.4) is 0 Å². The van der Waals surface area contributed by atoms with Crippen molar-refractivity contribution in [2.45, 2.75) is 6.92 Å². The molecule has 7 nitrogen and oxygen atoms in total. The number of benzene rings is 1. The number of hydrogen-bond donors (Lipinski definition) is 1. The highest BCUT2D eigenvalue weighted by molar-refractivity contribution is 14.1. The van der Waals surface area contributed by atoms with Gasteiger partial charge in [-0.05, 0) is 64.4 Å². The summed E-state index contributed by atoms with van der Waals surface area (Å²) in [4.78, 5) is 26.5. The predicted molar refractivity (Wildman–Crippen MR) is 92.3 cm³/mol. The second-order valence-corrected chi connectivity index (χ2v) is 5.94. The molecule has 118 valence electrons. The molecule has 0 saturated carbocycles. The minimum absolute atomic E-state index is 0.0136. The van der Waals surface area contributed by atoms with Crippen LogP contribution in [0.2, 0.25) is 0 Å². The number of aryl methyl sites for hydroxylation is 1. The maximum absolute atomic E-state index is 14.0. The van der Waals surface area contributed by atoms with E-state index >= 15 is 0 Å². The molecule has 1 N–H and O–H groups in total. The van der Waals surface area contributed by atoms with Crippen LogP contribution in [0.15, 0.2) is 34.2 Å². The van der Waals surface area contributed by atoms with E-state index in [0.717, 1.165) is 0 Å². The Morgan fingerprint density at radius 1 is 1.43 bits per heavy atom. The molecule has 0 unspecified atom stereocenters. The van der Waals surface area contributed by atoms with Crippen molar-refractivity contribution in [3.05, 3.63) is 65.6 Å². The lowest BCUT2D eigenvalue weighted by Gasteiger charge is -2.16. The number of pyridine rings is 1. The summed E-state index contributed by atoms with van der Waals surface area (Å²) in [7, 11) is 1.44. The summed E-state index contributed by atoms with van der Waals surface area (Å²) in [5, 5.41) is 5.76. The number of azide groups is 1. The number of nitrogens with zero attached hydrogens (tertiary/aromatic N) is 4. The van der Waals surface area contributed by atoms with Crippen molar-refractivity contribution in [1.29, 1.82) is 0 Å². The molecule has 0 atom stereocenters. The van der Waals surface area contributed by atoms with Crippen LogP contribution in [-0.2, 0) is 7.05 Å². The number of rotatable bonds is 3. The van der Waals surface area contributed by atoms with Crippen molar-refractivity contribution in [1.82, 2.24) is 4.57 Å². The second-order valence-electron chi connectivity index (χ2n) is 4.70. The third-order valence-electron chi connectivity index (χ3n) is 3.14. The Hall–Kier alpha value is -2.39. The van der Waals surface area contributed by atoms with Crippen molar-refractivity contribution in [2.24, 2.45) is 12.2 Å². The van der Waals surface area contributed by atoms with E-state index in [9.17, 15) is 14.0 Å². The van der Waals surface area contributed by atoms with Crippen LogP contribution < -0.4 is 10.9 Å². The maximum Gasteiger partial charge on any atom is 0.254 e. The molecular weight excluding hydrogens is 416 g/mol. The first kappa shape index (κ1) is 17.0. The quantitative estimate of drug-likeness (QED) is 0.351. The smallest absolute Gasteiger partial charge is 0.254 e. The van der Waals surface area contributed by atoms with Gasteiger partial charge in [0.1, 0.15) is 11.6 Å². The molecular formula is C14H11FIN5O2. The molecule has 0 aliphatic rings. The van der Waals surface area contributed by atoms with E-state index in [2.05, 4.69) is 15.3 Å². The standard InChI is InChI=1S/C14H11FIN5O2/c1-7-5-9(13(22)19-20-17)12(21(2)14(7)23)18-11-4-3-8(16)6-10(11)15/h3-6,18H,1-2H3. The Balaban J connectivity index is 2.64. The van der Waals surface area contributed by atoms with Crippen LogP contribution in [-0.4, -0.2) is 10.5 Å². The van der Waals surface area contributed by atoms with Gasteiger partial charge in [-0.1, -0.05) is 0 Å². The molecule has 1 amide bonds. The zero-order valence-electron chi connectivity index (χ0n) is 12.2. The summed E-state index contributed by atoms with van der Waals surface area (Å²) in [6, 6.07) is 5.78. The van der Waals surface area contributed by atoms with Crippen LogP contribution >= 0.6 is 22.6 Å². The summed E-state index contributed by atoms with van der Waals surface area (Å²) >= 11 is 1.97. The van der Waals surface area contributed by atoms with Gasteiger partial charge in [-0.25, -0.2) is 4.39 Å². The number of aromatic nitrogens is 1. The van der Waals surface area contributed by atoms with Gasteiger partial charge in [-0.3, -0.25) is 14.2 Å². The molecule has 23 heavy (non-hydrogen) atoms. The van der Waals surface area contributed by atoms with Crippen molar-refractivity contribution in [2.75, 3.05) is 5.32 Å². The van der Waals surface area contributed by atoms with Crippen LogP contribution in [0, 0.1) is 16.3 Å². The van der Waals surface area contributed by atoms with Gasteiger partial charge in [0.2, 0.25) is 0 Å². The van der Waals surface area contributed by atoms with Gasteiger partial charge in [0.05, 0.1) is 11.3 Å². The summed E-state index contributed by atoms with van der Waals surface area (Å²) < 4.78 is 15.9. The predicted octanol–water partition coefficient (Wildman–Crippen LogP) is 3.63. The van der Waals surface area contributed by atoms with Gasteiger partial charge in [-0.15, -0.1) is 0 Å². The molecule has 2 rings (SSSR count). The minimum atomic E-state index is -0.861. The highest BCUT2D eigenvalue weighted by atomic mass is 127. The van der Waals surface area contributed by atoms with Gasteiger partial charge in [0, 0.05) is 21.1 Å². The third-order valence-corrected chi connectivity index (χ3v) is 3.81. The van der Waals surface area contributed by atoms with Crippen molar-refractivity contribution in [3.63, 3.8) is 0 Å². The molecule has 1 heterocycles. The molecule has 9 heteroatoms. The molecule has 2 aromatic rings. The topological polar surface area (TPSA) is 99.9 Å². The van der Waals surface area contributed by atoms with Crippen molar-refractivity contribution >= 4 is 40.0 Å². The first-order chi connectivity index (χ1) is 10.8. The average Bonchev–Trinajstić information content (AvgIpc) is 2.50. The molecule has 0 fully saturated rings. The molecule has 0 radical (unpaired) electrons. The van der Waals surface area contributed by atoms with Crippen LogP contribution in [0.1, 0.15) is 15.9 Å². The summed E-state index contributed by atoms with van der Waals surface area (Å²) in [6.45, 7) is 1.53. The average molecular weight is 427 g/mol. The Kier molecular flexibility index (Phi) is 5.02. The maximum atomic E-state index is 14.0. The van der Waals surface area contributed by atoms with Gasteiger partial charge in [-0.2, -0.15) is 0 Å². The lowest BCUT2D eigenvalue weighted by molar-refractivity contribution is 0.100. The van der Waals surface area contributed by atoms with E-state index in [1.807, 2.05) is 22.6 Å². The molecule has 0 bridgehead atoms. The van der Waals surface area contributed by atoms with E-state index in [1.54, 1.807) is 6.07 Å². The SMILES string of the molecule is Cc1cc(C(=O)N=[N+]=[N-])c(Nc2ccc(I)cc2F)n(C)c1=O. The number of anilines is 2. The fraction of sp³-hybridized carbons (Fsp3) is 0.143. The summed E-state index contributed by atoms with van der Waals surface area (Å²) in [5.74, 6) is -1.34.